The Bertz CT molecular complexity index is 829. The number of amides is 1. The fraction of sp³-hybridized carbons (Fsp3) is 0.391. The number of thioether (sulfide) groups is 1. The molecule has 1 amide bonds. The molecule has 0 aliphatic carbocycles. The molecule has 0 radical (unpaired) electrons. The van der Waals surface area contributed by atoms with E-state index in [9.17, 15) is 14.7 Å². The molecule has 6 nitrogen and oxygen atoms in total. The first-order valence-corrected chi connectivity index (χ1v) is 11.2. The zero-order valence-corrected chi connectivity index (χ0v) is 18.0. The summed E-state index contributed by atoms with van der Waals surface area (Å²) in [4.78, 5) is 23.8. The van der Waals surface area contributed by atoms with Crippen LogP contribution < -0.4 is 16.0 Å². The molecule has 1 heterocycles. The van der Waals surface area contributed by atoms with Crippen LogP contribution in [0.5, 0.6) is 0 Å². The predicted octanol–water partition coefficient (Wildman–Crippen LogP) is 2.35. The van der Waals surface area contributed by atoms with Crippen LogP contribution >= 0.6 is 11.8 Å². The monoisotopic (exact) mass is 427 g/mol. The van der Waals surface area contributed by atoms with E-state index in [0.29, 0.717) is 11.0 Å². The maximum Gasteiger partial charge on any atom is 0.327 e. The molecule has 0 spiro atoms. The van der Waals surface area contributed by atoms with Crippen LogP contribution in [0.4, 0.5) is 0 Å². The molecule has 4 N–H and O–H groups in total. The number of hydrogen-bond acceptors (Lipinski definition) is 5. The molecule has 160 valence electrons. The number of carboxylic acid groups (broad SMARTS) is 1. The van der Waals surface area contributed by atoms with E-state index in [1.54, 1.807) is 11.8 Å². The van der Waals surface area contributed by atoms with Gasteiger partial charge < -0.3 is 21.1 Å². The summed E-state index contributed by atoms with van der Waals surface area (Å²) in [5.74, 6) is -0.902. The van der Waals surface area contributed by atoms with Gasteiger partial charge >= 0.3 is 5.97 Å². The van der Waals surface area contributed by atoms with Crippen molar-refractivity contribution in [2.24, 2.45) is 0 Å². The van der Waals surface area contributed by atoms with Gasteiger partial charge in [-0.3, -0.25) is 4.79 Å². The first-order valence-electron chi connectivity index (χ1n) is 10.2. The Morgan fingerprint density at radius 2 is 1.87 bits per heavy atom. The van der Waals surface area contributed by atoms with Gasteiger partial charge in [0.2, 0.25) is 5.91 Å². The van der Waals surface area contributed by atoms with Crippen LogP contribution in [0.3, 0.4) is 0 Å². The van der Waals surface area contributed by atoms with Crippen molar-refractivity contribution in [3.8, 4) is 0 Å². The Morgan fingerprint density at radius 1 is 1.13 bits per heavy atom. The fourth-order valence-electron chi connectivity index (χ4n) is 3.59. The summed E-state index contributed by atoms with van der Waals surface area (Å²) in [6.07, 6.45) is 1.13. The highest BCUT2D eigenvalue weighted by atomic mass is 32.2. The molecule has 30 heavy (non-hydrogen) atoms. The van der Waals surface area contributed by atoms with Gasteiger partial charge in [0.15, 0.2) is 0 Å². The first-order chi connectivity index (χ1) is 14.5. The number of hydrogen-bond donors (Lipinski definition) is 4. The minimum Gasteiger partial charge on any atom is -0.480 e. The van der Waals surface area contributed by atoms with Crippen molar-refractivity contribution < 1.29 is 14.7 Å². The number of carboxylic acids is 1. The Labute approximate surface area is 181 Å². The molecule has 1 unspecified atom stereocenters. The summed E-state index contributed by atoms with van der Waals surface area (Å²) in [5.41, 5.74) is 3.37. The summed E-state index contributed by atoms with van der Waals surface area (Å²) in [6.45, 7) is 1.68. The third-order valence-electron chi connectivity index (χ3n) is 5.19. The Morgan fingerprint density at radius 3 is 2.53 bits per heavy atom. The average molecular weight is 428 g/mol. The van der Waals surface area contributed by atoms with Gasteiger partial charge in [0.05, 0.1) is 6.42 Å². The van der Waals surface area contributed by atoms with Gasteiger partial charge in [-0.05, 0) is 30.2 Å². The average Bonchev–Trinajstić information content (AvgIpc) is 3.21. The van der Waals surface area contributed by atoms with Gasteiger partial charge in [-0.15, -0.1) is 0 Å². The quantitative estimate of drug-likeness (QED) is 0.465. The van der Waals surface area contributed by atoms with Crippen molar-refractivity contribution in [1.29, 1.82) is 0 Å². The zero-order valence-electron chi connectivity index (χ0n) is 17.1. The van der Waals surface area contributed by atoms with Crippen LogP contribution in [-0.4, -0.2) is 47.6 Å². The van der Waals surface area contributed by atoms with Gasteiger partial charge in [0.25, 0.3) is 0 Å². The van der Waals surface area contributed by atoms with Crippen LogP contribution in [0.1, 0.15) is 29.2 Å². The molecule has 1 aliphatic rings. The van der Waals surface area contributed by atoms with Gasteiger partial charge in [-0.25, -0.2) is 4.79 Å². The van der Waals surface area contributed by atoms with Crippen LogP contribution in [0.15, 0.2) is 54.6 Å². The zero-order chi connectivity index (χ0) is 21.3. The second-order valence-corrected chi connectivity index (χ2v) is 8.88. The smallest absolute Gasteiger partial charge is 0.327 e. The highest BCUT2D eigenvalue weighted by Crippen LogP contribution is 2.30. The van der Waals surface area contributed by atoms with Crippen molar-refractivity contribution in [1.82, 2.24) is 16.0 Å². The highest BCUT2D eigenvalue weighted by Gasteiger charge is 2.28. The topological polar surface area (TPSA) is 90.5 Å². The van der Waals surface area contributed by atoms with Crippen LogP contribution in [0.25, 0.3) is 0 Å². The number of rotatable bonds is 10. The van der Waals surface area contributed by atoms with E-state index in [0.717, 1.165) is 25.1 Å². The minimum atomic E-state index is -0.994. The van der Waals surface area contributed by atoms with E-state index in [4.69, 9.17) is 0 Å². The van der Waals surface area contributed by atoms with Crippen molar-refractivity contribution in [2.75, 3.05) is 19.3 Å². The molecule has 7 heteroatoms. The number of carbonyl (C=O) groups excluding carboxylic acids is 1. The van der Waals surface area contributed by atoms with E-state index < -0.39 is 12.0 Å². The minimum absolute atomic E-state index is 0.186. The molecule has 0 aromatic heterocycles. The standard InChI is InChI=1S/C23H29N3O3S/c1-24-13-17-7-9-18(10-8-17)20-12-19(14-25-20)30-15-21(23(28)29)26-22(27)11-16-5-3-2-4-6-16/h2-10,19-21,24-25H,11-15H2,1H3,(H,26,27)(H,28,29)/t19-,20-,21?/m0/s1. The third kappa shape index (κ3) is 6.58. The Kier molecular flexibility index (Phi) is 8.30. The molecule has 1 saturated heterocycles. The molecule has 1 fully saturated rings. The molecular weight excluding hydrogens is 398 g/mol. The van der Waals surface area contributed by atoms with Crippen LogP contribution in [-0.2, 0) is 22.6 Å². The normalized spacial score (nSPS) is 19.4. The van der Waals surface area contributed by atoms with Crippen molar-refractivity contribution >= 4 is 23.6 Å². The largest absolute Gasteiger partial charge is 0.480 e. The summed E-state index contributed by atoms with van der Waals surface area (Å²) in [5, 5.41) is 19.2. The van der Waals surface area contributed by atoms with Crippen molar-refractivity contribution in [2.45, 2.75) is 36.7 Å². The maximum atomic E-state index is 12.2. The second kappa shape index (κ2) is 11.2. The highest BCUT2D eigenvalue weighted by molar-refractivity contribution is 8.00. The van der Waals surface area contributed by atoms with E-state index in [-0.39, 0.29) is 18.4 Å². The maximum absolute atomic E-state index is 12.2. The van der Waals surface area contributed by atoms with E-state index in [1.807, 2.05) is 37.4 Å². The molecular formula is C23H29N3O3S. The van der Waals surface area contributed by atoms with Gasteiger partial charge in [-0.1, -0.05) is 54.6 Å². The van der Waals surface area contributed by atoms with E-state index in [2.05, 4.69) is 40.2 Å². The summed E-state index contributed by atoms with van der Waals surface area (Å²) >= 11 is 1.61. The van der Waals surface area contributed by atoms with Gasteiger partial charge in [0.1, 0.15) is 6.04 Å². The van der Waals surface area contributed by atoms with Crippen LogP contribution in [0.2, 0.25) is 0 Å². The van der Waals surface area contributed by atoms with Crippen LogP contribution in [0, 0.1) is 0 Å². The number of nitrogens with one attached hydrogen (secondary N) is 3. The Hall–Kier alpha value is -2.35. The molecule has 3 rings (SSSR count). The number of aliphatic carboxylic acids is 1. The molecule has 2 aromatic rings. The summed E-state index contributed by atoms with van der Waals surface area (Å²) in [6, 6.07) is 17.3. The van der Waals surface area contributed by atoms with Gasteiger partial charge in [-0.2, -0.15) is 11.8 Å². The fourth-order valence-corrected chi connectivity index (χ4v) is 4.82. The predicted molar refractivity (Wildman–Crippen MR) is 121 cm³/mol. The van der Waals surface area contributed by atoms with Crippen molar-refractivity contribution in [3.05, 3.63) is 71.3 Å². The lowest BCUT2D eigenvalue weighted by molar-refractivity contribution is -0.141. The number of benzene rings is 2. The van der Waals surface area contributed by atoms with E-state index in [1.165, 1.54) is 11.1 Å². The van der Waals surface area contributed by atoms with Crippen molar-refractivity contribution in [3.63, 3.8) is 0 Å². The lowest BCUT2D eigenvalue weighted by atomic mass is 10.0. The summed E-state index contributed by atoms with van der Waals surface area (Å²) in [7, 11) is 1.93. The molecule has 0 bridgehead atoms. The SMILES string of the molecule is CNCc1ccc([C@@H]2C[C@H](SCC(NC(=O)Cc3ccccc3)C(=O)O)CN2)cc1. The van der Waals surface area contributed by atoms with Gasteiger partial charge in [0, 0.05) is 30.1 Å². The molecule has 1 aliphatic heterocycles. The lowest BCUT2D eigenvalue weighted by Gasteiger charge is -2.17. The third-order valence-corrected chi connectivity index (χ3v) is 6.55. The van der Waals surface area contributed by atoms with E-state index >= 15 is 0 Å². The number of carbonyl (C=O) groups is 2. The lowest BCUT2D eigenvalue weighted by Crippen LogP contribution is -2.43. The molecule has 0 saturated carbocycles. The molecule has 2 aromatic carbocycles. The summed E-state index contributed by atoms with van der Waals surface area (Å²) < 4.78 is 0. The second-order valence-electron chi connectivity index (χ2n) is 7.54. The Balaban J connectivity index is 1.47. The molecule has 3 atom stereocenters. The first kappa shape index (κ1) is 22.3.